The second kappa shape index (κ2) is 14.2. The van der Waals surface area contributed by atoms with Crippen molar-refractivity contribution in [2.45, 2.75) is 69.2 Å². The van der Waals surface area contributed by atoms with Gasteiger partial charge in [0.05, 0.1) is 4.90 Å². The van der Waals surface area contributed by atoms with Crippen molar-refractivity contribution < 1.29 is 8.42 Å². The number of hydrogen-bond donors (Lipinski definition) is 2. The van der Waals surface area contributed by atoms with Crippen LogP contribution in [0.25, 0.3) is 10.8 Å². The summed E-state index contributed by atoms with van der Waals surface area (Å²) in [6, 6.07) is 7.48. The molecule has 1 aliphatic heterocycles. The molecule has 176 valence electrons. The lowest BCUT2D eigenvalue weighted by atomic mass is 10.1. The number of hydrazine groups is 1. The minimum absolute atomic E-state index is 0. The summed E-state index contributed by atoms with van der Waals surface area (Å²) in [5.41, 5.74) is 6.72. The Morgan fingerprint density at radius 3 is 2.48 bits per heavy atom. The SMILES string of the molecule is CCCCCCCCNNC1CCN(S(=O)(=O)c2cccc3cnccc23)CC1.Cl.Cl. The van der Waals surface area contributed by atoms with Gasteiger partial charge < -0.3 is 0 Å². The molecule has 1 fully saturated rings. The topological polar surface area (TPSA) is 74.3 Å². The van der Waals surface area contributed by atoms with Crippen molar-refractivity contribution in [2.75, 3.05) is 19.6 Å². The second-order valence-corrected chi connectivity index (χ2v) is 9.78. The highest BCUT2D eigenvalue weighted by Gasteiger charge is 2.30. The molecule has 0 spiro atoms. The van der Waals surface area contributed by atoms with E-state index in [-0.39, 0.29) is 24.8 Å². The summed E-state index contributed by atoms with van der Waals surface area (Å²) in [6.45, 7) is 4.29. The van der Waals surface area contributed by atoms with E-state index in [2.05, 4.69) is 22.8 Å². The molecule has 9 heteroatoms. The molecule has 31 heavy (non-hydrogen) atoms. The number of nitrogens with one attached hydrogen (secondary N) is 2. The summed E-state index contributed by atoms with van der Waals surface area (Å²) in [5.74, 6) is 0. The van der Waals surface area contributed by atoms with Gasteiger partial charge in [-0.15, -0.1) is 24.8 Å². The lowest BCUT2D eigenvalue weighted by molar-refractivity contribution is 0.270. The van der Waals surface area contributed by atoms with Crippen molar-refractivity contribution in [3.8, 4) is 0 Å². The van der Waals surface area contributed by atoms with E-state index in [1.165, 1.54) is 38.5 Å². The molecule has 0 radical (unpaired) electrons. The number of benzene rings is 1. The number of sulfonamides is 1. The van der Waals surface area contributed by atoms with Crippen molar-refractivity contribution >= 4 is 45.6 Å². The number of nitrogens with zero attached hydrogens (tertiary/aromatic N) is 2. The zero-order valence-corrected chi connectivity index (χ0v) is 20.7. The van der Waals surface area contributed by atoms with Gasteiger partial charge in [-0.2, -0.15) is 4.31 Å². The molecule has 2 aromatic rings. The highest BCUT2D eigenvalue weighted by Crippen LogP contribution is 2.27. The summed E-state index contributed by atoms with van der Waals surface area (Å²) in [4.78, 5) is 4.47. The molecule has 0 bridgehead atoms. The van der Waals surface area contributed by atoms with E-state index in [0.29, 0.717) is 24.0 Å². The monoisotopic (exact) mass is 490 g/mol. The van der Waals surface area contributed by atoms with E-state index in [1.54, 1.807) is 34.9 Å². The average molecular weight is 492 g/mol. The standard InChI is InChI=1S/C22H34N4O2S.2ClH/c1-2-3-4-5-6-7-14-24-25-20-12-16-26(17-13-20)29(27,28)22-10-8-9-19-18-23-15-11-21(19)22;;/h8-11,15,18,20,24-25H,2-7,12-14,16-17H2,1H3;2*1H. The van der Waals surface area contributed by atoms with Crippen molar-refractivity contribution in [2.24, 2.45) is 0 Å². The Morgan fingerprint density at radius 1 is 1.03 bits per heavy atom. The molecular formula is C22H36Cl2N4O2S. The first-order chi connectivity index (χ1) is 14.1. The normalized spacial score (nSPS) is 15.4. The fourth-order valence-electron chi connectivity index (χ4n) is 3.91. The molecule has 0 unspecified atom stereocenters. The molecule has 1 aliphatic rings. The van der Waals surface area contributed by atoms with Gasteiger partial charge in [0, 0.05) is 48.8 Å². The Morgan fingerprint density at radius 2 is 1.74 bits per heavy atom. The molecule has 6 nitrogen and oxygen atoms in total. The van der Waals surface area contributed by atoms with E-state index in [1.807, 2.05) is 6.07 Å². The van der Waals surface area contributed by atoms with Crippen LogP contribution in [0.15, 0.2) is 41.6 Å². The van der Waals surface area contributed by atoms with Crippen LogP contribution in [-0.2, 0) is 10.0 Å². The number of aromatic nitrogens is 1. The molecule has 2 N–H and O–H groups in total. The van der Waals surface area contributed by atoms with Gasteiger partial charge in [0.25, 0.3) is 0 Å². The number of unbranched alkanes of at least 4 members (excludes halogenated alkanes) is 5. The van der Waals surface area contributed by atoms with Crippen molar-refractivity contribution in [3.63, 3.8) is 0 Å². The van der Waals surface area contributed by atoms with Crippen LogP contribution in [0.2, 0.25) is 0 Å². The highest BCUT2D eigenvalue weighted by atomic mass is 35.5. The zero-order chi connectivity index (χ0) is 20.5. The van der Waals surface area contributed by atoms with Crippen molar-refractivity contribution in [1.29, 1.82) is 0 Å². The van der Waals surface area contributed by atoms with Gasteiger partial charge in [-0.25, -0.2) is 8.42 Å². The van der Waals surface area contributed by atoms with Gasteiger partial charge in [0.1, 0.15) is 0 Å². The first-order valence-corrected chi connectivity index (χ1v) is 12.4. The van der Waals surface area contributed by atoms with Crippen LogP contribution in [0.1, 0.15) is 58.3 Å². The van der Waals surface area contributed by atoms with E-state index in [0.717, 1.165) is 30.2 Å². The predicted molar refractivity (Wildman–Crippen MR) is 133 cm³/mol. The number of piperidine rings is 1. The van der Waals surface area contributed by atoms with E-state index in [9.17, 15) is 8.42 Å². The minimum atomic E-state index is -3.49. The maximum atomic E-state index is 13.2. The third kappa shape index (κ3) is 7.84. The quantitative estimate of drug-likeness (QED) is 0.353. The number of rotatable bonds is 11. The molecule has 0 amide bonds. The summed E-state index contributed by atoms with van der Waals surface area (Å²) < 4.78 is 28.0. The molecule has 3 rings (SSSR count). The molecule has 0 saturated carbocycles. The van der Waals surface area contributed by atoms with Gasteiger partial charge in [0.15, 0.2) is 0 Å². The number of hydrogen-bond acceptors (Lipinski definition) is 5. The molecule has 0 aliphatic carbocycles. The van der Waals surface area contributed by atoms with Crippen LogP contribution < -0.4 is 10.9 Å². The van der Waals surface area contributed by atoms with Gasteiger partial charge in [-0.1, -0.05) is 51.2 Å². The lowest BCUT2D eigenvalue weighted by Crippen LogP contribution is -2.49. The summed E-state index contributed by atoms with van der Waals surface area (Å²) >= 11 is 0. The third-order valence-corrected chi connectivity index (χ3v) is 7.63. The lowest BCUT2D eigenvalue weighted by Gasteiger charge is -2.32. The molecular weight excluding hydrogens is 455 g/mol. The molecule has 1 saturated heterocycles. The number of halogens is 2. The average Bonchev–Trinajstić information content (AvgIpc) is 2.75. The van der Waals surface area contributed by atoms with Gasteiger partial charge in [0.2, 0.25) is 10.0 Å². The number of pyridine rings is 1. The van der Waals surface area contributed by atoms with Gasteiger partial charge >= 0.3 is 0 Å². The predicted octanol–water partition coefficient (Wildman–Crippen LogP) is 4.69. The summed E-state index contributed by atoms with van der Waals surface area (Å²) in [5, 5.41) is 1.59. The third-order valence-electron chi connectivity index (χ3n) is 5.67. The van der Waals surface area contributed by atoms with Crippen molar-refractivity contribution in [3.05, 3.63) is 36.7 Å². The van der Waals surface area contributed by atoms with Crippen LogP contribution >= 0.6 is 24.8 Å². The highest BCUT2D eigenvalue weighted by molar-refractivity contribution is 7.89. The van der Waals surface area contributed by atoms with Crippen molar-refractivity contribution in [1.82, 2.24) is 20.1 Å². The first kappa shape index (κ1) is 28.1. The second-order valence-electron chi connectivity index (χ2n) is 7.87. The fourth-order valence-corrected chi connectivity index (χ4v) is 5.59. The Hall–Kier alpha value is -0.960. The van der Waals surface area contributed by atoms with Crippen LogP contribution in [-0.4, -0.2) is 43.4 Å². The van der Waals surface area contributed by atoms with Crippen LogP contribution in [0.4, 0.5) is 0 Å². The summed E-state index contributed by atoms with van der Waals surface area (Å²) in [7, 11) is -3.49. The van der Waals surface area contributed by atoms with Gasteiger partial charge in [-0.05, 0) is 31.4 Å². The van der Waals surface area contributed by atoms with E-state index < -0.39 is 10.0 Å². The van der Waals surface area contributed by atoms with E-state index in [4.69, 9.17) is 0 Å². The Bertz CT molecular complexity index is 869. The Kier molecular flexibility index (Phi) is 12.9. The van der Waals surface area contributed by atoms with Gasteiger partial charge in [-0.3, -0.25) is 15.8 Å². The summed E-state index contributed by atoms with van der Waals surface area (Å²) in [6.07, 6.45) is 12.7. The Balaban J connectivity index is 0.00000240. The zero-order valence-electron chi connectivity index (χ0n) is 18.3. The molecule has 2 heterocycles. The minimum Gasteiger partial charge on any atom is -0.264 e. The maximum Gasteiger partial charge on any atom is 0.243 e. The molecule has 1 aromatic heterocycles. The van der Waals surface area contributed by atoms with E-state index >= 15 is 0 Å². The fraction of sp³-hybridized carbons (Fsp3) is 0.591. The number of fused-ring (bicyclic) bond motifs is 1. The van der Waals surface area contributed by atoms with Crippen LogP contribution in [0.3, 0.4) is 0 Å². The smallest absolute Gasteiger partial charge is 0.243 e. The largest absolute Gasteiger partial charge is 0.264 e. The first-order valence-electron chi connectivity index (χ1n) is 10.9. The Labute approximate surface area is 199 Å². The van der Waals surface area contributed by atoms with Crippen LogP contribution in [0.5, 0.6) is 0 Å². The molecule has 0 atom stereocenters. The maximum absolute atomic E-state index is 13.2. The molecule has 1 aromatic carbocycles. The van der Waals surface area contributed by atoms with Crippen LogP contribution in [0, 0.1) is 0 Å².